The minimum atomic E-state index is -0.933. The van der Waals surface area contributed by atoms with Crippen molar-refractivity contribution in [2.24, 2.45) is 5.92 Å². The first-order valence-electron chi connectivity index (χ1n) is 13.2. The largest absolute Gasteiger partial charge is 0.452 e. The zero-order valence-corrected chi connectivity index (χ0v) is 21.6. The van der Waals surface area contributed by atoms with E-state index in [1.54, 1.807) is 13.0 Å². The van der Waals surface area contributed by atoms with E-state index in [0.717, 1.165) is 29.3 Å². The molecule has 1 aliphatic carbocycles. The maximum Gasteiger partial charge on any atom is 0.310 e. The highest BCUT2D eigenvalue weighted by Crippen LogP contribution is 2.35. The van der Waals surface area contributed by atoms with Gasteiger partial charge in [0.05, 0.1) is 23.7 Å². The number of esters is 1. The Morgan fingerprint density at radius 1 is 0.947 bits per heavy atom. The Morgan fingerprint density at radius 3 is 2.50 bits per heavy atom. The summed E-state index contributed by atoms with van der Waals surface area (Å²) in [4.78, 5) is 56.5. The van der Waals surface area contributed by atoms with Gasteiger partial charge < -0.3 is 15.4 Å². The van der Waals surface area contributed by atoms with E-state index in [-0.39, 0.29) is 30.2 Å². The van der Waals surface area contributed by atoms with Crippen LogP contribution < -0.4 is 16.1 Å². The lowest BCUT2D eigenvalue weighted by atomic mass is 10.1. The van der Waals surface area contributed by atoms with Crippen LogP contribution in [0.25, 0.3) is 17.0 Å². The molecular weight excluding hydrogens is 486 g/mol. The number of nitrogens with zero attached hydrogens (tertiary/aromatic N) is 2. The topological polar surface area (TPSA) is 130 Å². The maximum atomic E-state index is 13.1. The minimum absolute atomic E-state index is 0.0125. The molecule has 10 heteroatoms. The third-order valence-electron chi connectivity index (χ3n) is 7.20. The number of nitrogens with one attached hydrogen (secondary N) is 3. The van der Waals surface area contributed by atoms with Crippen molar-refractivity contribution in [3.63, 3.8) is 0 Å². The van der Waals surface area contributed by atoms with Crippen LogP contribution in [0, 0.1) is 5.92 Å². The van der Waals surface area contributed by atoms with Crippen molar-refractivity contribution in [1.82, 2.24) is 26.1 Å². The quantitative estimate of drug-likeness (QED) is 0.492. The molecule has 0 radical (unpaired) electrons. The van der Waals surface area contributed by atoms with Crippen molar-refractivity contribution in [3.05, 3.63) is 47.7 Å². The molecule has 0 unspecified atom stereocenters. The third kappa shape index (κ3) is 5.85. The number of aromatic nitrogens is 1. The van der Waals surface area contributed by atoms with Gasteiger partial charge in [0, 0.05) is 17.8 Å². The standard InChI is InChI=1S/C28H33N5O5/c1-16-21-13-12-19-9-8-18(15-23(19)31-21)5-3-7-24(34)38-25(20-10-11-20)27(36)30-17(2)28(37)33-14-4-6-22(32-33)26(35)29-16/h3,5,8-9,12-13,15-17,20,22,25,32H,4,6-7,10-11,14H2,1-2H3,(H,29,35)(H,30,36)/b5-3+/t16-,17+,22+,25+/m1/s1. The first-order valence-corrected chi connectivity index (χ1v) is 13.2. The Morgan fingerprint density at radius 2 is 1.71 bits per heavy atom. The number of benzene rings is 1. The summed E-state index contributed by atoms with van der Waals surface area (Å²) in [6.07, 6.45) is 5.39. The van der Waals surface area contributed by atoms with Crippen molar-refractivity contribution in [2.75, 3.05) is 6.54 Å². The van der Waals surface area contributed by atoms with Crippen molar-refractivity contribution in [2.45, 2.75) is 70.2 Å². The first kappa shape index (κ1) is 25.8. The maximum absolute atomic E-state index is 13.1. The highest BCUT2D eigenvalue weighted by Gasteiger charge is 2.40. The Bertz CT molecular complexity index is 1290. The Kier molecular flexibility index (Phi) is 7.42. The van der Waals surface area contributed by atoms with E-state index < -0.39 is 30.1 Å². The summed E-state index contributed by atoms with van der Waals surface area (Å²) in [7, 11) is 0. The number of hydrogen-bond donors (Lipinski definition) is 3. The van der Waals surface area contributed by atoms with Gasteiger partial charge in [-0.15, -0.1) is 0 Å². The van der Waals surface area contributed by atoms with Crippen molar-refractivity contribution >= 4 is 40.7 Å². The van der Waals surface area contributed by atoms with Crippen LogP contribution in [0.3, 0.4) is 0 Å². The predicted octanol–water partition coefficient (Wildman–Crippen LogP) is 2.15. The van der Waals surface area contributed by atoms with Gasteiger partial charge in [0.25, 0.3) is 11.8 Å². The van der Waals surface area contributed by atoms with Gasteiger partial charge >= 0.3 is 5.97 Å². The molecule has 3 aliphatic rings. The normalized spacial score (nSPS) is 28.4. The van der Waals surface area contributed by atoms with Crippen LogP contribution in [0.5, 0.6) is 0 Å². The second-order valence-corrected chi connectivity index (χ2v) is 10.3. The lowest BCUT2D eigenvalue weighted by Crippen LogP contribution is -2.61. The van der Waals surface area contributed by atoms with Gasteiger partial charge in [0.15, 0.2) is 6.10 Å². The van der Waals surface area contributed by atoms with Crippen molar-refractivity contribution in [1.29, 1.82) is 0 Å². The smallest absolute Gasteiger partial charge is 0.310 e. The second kappa shape index (κ2) is 10.9. The third-order valence-corrected chi connectivity index (χ3v) is 7.20. The van der Waals surface area contributed by atoms with Gasteiger partial charge in [-0.05, 0) is 57.2 Å². The summed E-state index contributed by atoms with van der Waals surface area (Å²) in [6, 6.07) is 7.87. The molecule has 3 heterocycles. The summed E-state index contributed by atoms with van der Waals surface area (Å²) in [5.41, 5.74) is 5.37. The lowest BCUT2D eigenvalue weighted by molar-refractivity contribution is -0.157. The average Bonchev–Trinajstić information content (AvgIpc) is 3.75. The first-order chi connectivity index (χ1) is 18.3. The molecule has 2 aliphatic heterocycles. The van der Waals surface area contributed by atoms with E-state index >= 15 is 0 Å². The van der Waals surface area contributed by atoms with E-state index in [2.05, 4.69) is 16.1 Å². The Labute approximate surface area is 221 Å². The minimum Gasteiger partial charge on any atom is -0.452 e. The van der Waals surface area contributed by atoms with Gasteiger partial charge in [-0.2, -0.15) is 0 Å². The van der Waals surface area contributed by atoms with Gasteiger partial charge in [0.2, 0.25) is 5.91 Å². The van der Waals surface area contributed by atoms with Crippen LogP contribution in [0.2, 0.25) is 0 Å². The highest BCUT2D eigenvalue weighted by atomic mass is 16.5. The van der Waals surface area contributed by atoms with Crippen LogP contribution in [-0.2, 0) is 23.9 Å². The second-order valence-electron chi connectivity index (χ2n) is 10.3. The van der Waals surface area contributed by atoms with Crippen LogP contribution in [-0.4, -0.2) is 58.4 Å². The Balaban J connectivity index is 1.43. The average molecular weight is 520 g/mol. The van der Waals surface area contributed by atoms with Gasteiger partial charge in [-0.1, -0.05) is 30.4 Å². The van der Waals surface area contributed by atoms with Gasteiger partial charge in [0.1, 0.15) is 12.1 Å². The molecule has 4 atom stereocenters. The molecule has 1 aromatic carbocycles. The molecule has 38 heavy (non-hydrogen) atoms. The van der Waals surface area contributed by atoms with E-state index in [1.807, 2.05) is 43.3 Å². The summed E-state index contributed by atoms with van der Waals surface area (Å²) in [5, 5.41) is 8.07. The van der Waals surface area contributed by atoms with Crippen LogP contribution in [0.15, 0.2) is 36.4 Å². The molecular formula is C28H33N5O5. The number of ether oxygens (including phenoxy) is 1. The Hall–Kier alpha value is -3.79. The number of carbonyl (C=O) groups is 4. The molecule has 10 nitrogen and oxygen atoms in total. The van der Waals surface area contributed by atoms with Crippen LogP contribution >= 0.6 is 0 Å². The molecule has 1 aromatic heterocycles. The summed E-state index contributed by atoms with van der Waals surface area (Å²) >= 11 is 0. The predicted molar refractivity (Wildman–Crippen MR) is 140 cm³/mol. The van der Waals surface area contributed by atoms with E-state index in [0.29, 0.717) is 25.1 Å². The molecule has 3 N–H and O–H groups in total. The van der Waals surface area contributed by atoms with E-state index in [1.165, 1.54) is 5.01 Å². The molecule has 0 spiro atoms. The molecule has 200 valence electrons. The van der Waals surface area contributed by atoms with Gasteiger partial charge in [-0.3, -0.25) is 29.2 Å². The van der Waals surface area contributed by atoms with E-state index in [9.17, 15) is 19.2 Å². The summed E-state index contributed by atoms with van der Waals surface area (Å²) < 4.78 is 5.55. The lowest BCUT2D eigenvalue weighted by Gasteiger charge is -2.35. The van der Waals surface area contributed by atoms with Crippen molar-refractivity contribution in [3.8, 4) is 0 Å². The van der Waals surface area contributed by atoms with Gasteiger partial charge in [-0.25, -0.2) is 5.43 Å². The number of hydrogen-bond acceptors (Lipinski definition) is 7. The van der Waals surface area contributed by atoms with Crippen LogP contribution in [0.4, 0.5) is 0 Å². The number of amides is 3. The highest BCUT2D eigenvalue weighted by molar-refractivity contribution is 5.91. The number of rotatable bonds is 1. The molecule has 5 rings (SSSR count). The number of cyclic esters (lactones) is 1. The summed E-state index contributed by atoms with van der Waals surface area (Å²) in [6.45, 7) is 3.88. The molecule has 1 saturated carbocycles. The SMILES string of the molecule is C[C@@H]1NC(=O)[C@H](C2CC2)OC(=O)C/C=C/c2ccc3ccc(nc3c2)[C@@H](C)NC(=O)[C@@H]2CCCN(N2)C1=O. The zero-order valence-electron chi connectivity index (χ0n) is 21.6. The van der Waals surface area contributed by atoms with E-state index in [4.69, 9.17) is 9.72 Å². The van der Waals surface area contributed by atoms with Crippen molar-refractivity contribution < 1.29 is 23.9 Å². The fourth-order valence-corrected chi connectivity index (χ4v) is 4.85. The fourth-order valence-electron chi connectivity index (χ4n) is 4.85. The molecule has 3 amide bonds. The number of hydrazine groups is 1. The summed E-state index contributed by atoms with van der Waals surface area (Å²) in [5.74, 6) is -1.61. The molecule has 1 saturated heterocycles. The number of carbonyl (C=O) groups excluding carboxylic acids is 4. The van der Waals surface area contributed by atoms with Crippen LogP contribution in [0.1, 0.15) is 63.3 Å². The molecule has 2 fully saturated rings. The number of pyridine rings is 1. The molecule has 5 bridgehead atoms. The molecule has 2 aromatic rings. The fraction of sp³-hybridized carbons (Fsp3) is 0.464. The zero-order chi connectivity index (χ0) is 26.8. The monoisotopic (exact) mass is 519 g/mol. The number of fused-ring (bicyclic) bond motifs is 4.